The SMILES string of the molecule is C.C.C.C.C.C.C=CC(=O)OCCCCOc1ccc(C(C)=O)cc1.C=CC(=O)OCCCCOc1ccc(C(C)=O)cc1.C=CC(=O)OCCCCOc1ccc(C(C)=O)cc1.CCCCCCCCOc1ccc(C(C)=O)cc1.CCCCCCCCOc1ccc(C(C)=O)cc1.CCCCCCCCOc1ccc(C(C)=O)cc1.CCCCCCOC(=O)c1ccc(C)c(Cc2cc(C(=O)OCCCCCC)ccc2C)c1. The van der Waals surface area contributed by atoms with Gasteiger partial charge in [-0.1, -0.05) is 246 Å². The number of esters is 5. The van der Waals surface area contributed by atoms with Crippen molar-refractivity contribution >= 4 is 64.5 Å². The average molecular weight is 2080 g/mol. The fourth-order valence-corrected chi connectivity index (χ4v) is 13.5. The minimum absolute atomic E-state index is 0. The van der Waals surface area contributed by atoms with E-state index in [1.807, 2.05) is 123 Å². The first-order chi connectivity index (χ1) is 69.6. The number of aryl methyl sites for hydroxylation is 2. The maximum absolute atomic E-state index is 12.5. The van der Waals surface area contributed by atoms with Crippen molar-refractivity contribution in [2.45, 2.75) is 346 Å². The van der Waals surface area contributed by atoms with Crippen LogP contribution in [0.2, 0.25) is 0 Å². The number of Topliss-reactive ketones (excluding diaryl/α,β-unsaturated/α-hetero) is 6. The molecule has 0 aliphatic carbocycles. The van der Waals surface area contributed by atoms with Crippen LogP contribution in [0.5, 0.6) is 34.5 Å². The lowest BCUT2D eigenvalue weighted by atomic mass is 9.94. The van der Waals surface area contributed by atoms with E-state index in [9.17, 15) is 52.7 Å². The number of carbonyl (C=O) groups is 11. The van der Waals surface area contributed by atoms with Crippen LogP contribution in [0.4, 0.5) is 0 Å². The summed E-state index contributed by atoms with van der Waals surface area (Å²) in [6.45, 7) is 40.3. The van der Waals surface area contributed by atoms with Crippen LogP contribution in [0.3, 0.4) is 0 Å². The van der Waals surface area contributed by atoms with Crippen molar-refractivity contribution in [3.8, 4) is 34.5 Å². The Kier molecular flexibility index (Phi) is 91.8. The standard InChI is InChI=1S/C29H40O4.3C16H24O2.3C15H18O4.6CH4/c1-5-7-9-11-17-32-28(30)24-15-13-22(3)26(19-24)21-27-20-25(16-14-23(27)4)29(31)33-18-12-10-8-6-2;3*1-3-4-5-6-7-8-13-18-16-11-9-15(10-12-16)14(2)17;3*1-3-15(17)19-11-5-4-10-18-14-8-6-13(7-9-14)12(2)16;;;;;;/h13-16,19-20H,5-12,17-18,21H2,1-4H3;3*9-12H,3-8,13H2,1-2H3;3*3,6-9H,1,4-5,10-11H2,2H3;6*1H4. The summed E-state index contributed by atoms with van der Waals surface area (Å²) >= 11 is 0. The number of hydrogen-bond donors (Lipinski definition) is 0. The minimum atomic E-state index is -0.402. The molecule has 0 aliphatic rings. The highest BCUT2D eigenvalue weighted by Crippen LogP contribution is 2.25. The molecule has 0 saturated carbocycles. The van der Waals surface area contributed by atoms with Crippen molar-refractivity contribution in [2.24, 2.45) is 0 Å². The smallest absolute Gasteiger partial charge is 0.338 e. The van der Waals surface area contributed by atoms with Gasteiger partial charge >= 0.3 is 29.8 Å². The highest BCUT2D eigenvalue weighted by molar-refractivity contribution is 5.97. The number of ether oxygens (including phenoxy) is 11. The van der Waals surface area contributed by atoms with Crippen LogP contribution in [0.1, 0.15) is 431 Å². The molecule has 0 bridgehead atoms. The maximum atomic E-state index is 12.5. The molecule has 0 unspecified atom stereocenters. The van der Waals surface area contributed by atoms with Crippen LogP contribution in [0, 0.1) is 13.8 Å². The van der Waals surface area contributed by atoms with E-state index in [1.54, 1.807) is 93.6 Å². The van der Waals surface area contributed by atoms with E-state index >= 15 is 0 Å². The Labute approximate surface area is 904 Å². The Morgan fingerprint density at radius 2 is 0.360 bits per heavy atom. The quantitative estimate of drug-likeness (QED) is 0.0112. The van der Waals surface area contributed by atoms with E-state index in [2.05, 4.69) is 54.4 Å². The lowest BCUT2D eigenvalue weighted by Gasteiger charge is -2.13. The van der Waals surface area contributed by atoms with E-state index in [0.29, 0.717) is 87.1 Å². The predicted molar refractivity (Wildman–Crippen MR) is 617 cm³/mol. The number of carbonyl (C=O) groups excluding carboxylic acids is 11. The molecular weight excluding hydrogens is 1890 g/mol. The molecule has 0 saturated heterocycles. The van der Waals surface area contributed by atoms with Gasteiger partial charge in [0.2, 0.25) is 0 Å². The van der Waals surface area contributed by atoms with Crippen LogP contribution in [-0.2, 0) is 44.5 Å². The zero-order valence-electron chi connectivity index (χ0n) is 88.8. The molecule has 0 radical (unpaired) electrons. The van der Waals surface area contributed by atoms with Crippen molar-refractivity contribution in [1.29, 1.82) is 0 Å². The van der Waals surface area contributed by atoms with Gasteiger partial charge in [0.25, 0.3) is 0 Å². The van der Waals surface area contributed by atoms with Crippen LogP contribution >= 0.6 is 0 Å². The first-order valence-electron chi connectivity index (χ1n) is 51.9. The molecule has 0 fully saturated rings. The molecule has 0 aliphatic heterocycles. The molecule has 8 rings (SSSR count). The van der Waals surface area contributed by atoms with Gasteiger partial charge in [-0.2, -0.15) is 0 Å². The zero-order valence-corrected chi connectivity index (χ0v) is 88.8. The van der Waals surface area contributed by atoms with Gasteiger partial charge in [0, 0.05) is 51.6 Å². The van der Waals surface area contributed by atoms with Gasteiger partial charge in [0.15, 0.2) is 34.7 Å². The summed E-state index contributed by atoms with van der Waals surface area (Å²) in [5.74, 6) is 3.40. The van der Waals surface area contributed by atoms with Gasteiger partial charge in [-0.25, -0.2) is 24.0 Å². The van der Waals surface area contributed by atoms with Crippen LogP contribution in [0.15, 0.2) is 220 Å². The molecule has 0 amide bonds. The summed E-state index contributed by atoms with van der Waals surface area (Å²) in [6, 6.07) is 54.6. The van der Waals surface area contributed by atoms with Crippen molar-refractivity contribution in [3.63, 3.8) is 0 Å². The van der Waals surface area contributed by atoms with Gasteiger partial charge in [-0.05, 0) is 325 Å². The van der Waals surface area contributed by atoms with E-state index in [1.165, 1.54) is 117 Å². The molecule has 150 heavy (non-hydrogen) atoms. The first kappa shape index (κ1) is 146. The molecule has 8 aromatic rings. The Morgan fingerprint density at radius 3 is 0.547 bits per heavy atom. The van der Waals surface area contributed by atoms with Crippen molar-refractivity contribution in [1.82, 2.24) is 0 Å². The second kappa shape index (κ2) is 94.6. The van der Waals surface area contributed by atoms with Crippen molar-refractivity contribution in [3.05, 3.63) is 287 Å². The number of benzene rings is 8. The van der Waals surface area contributed by atoms with Crippen LogP contribution in [0.25, 0.3) is 0 Å². The lowest BCUT2D eigenvalue weighted by Crippen LogP contribution is -2.09. The highest BCUT2D eigenvalue weighted by Gasteiger charge is 2.16. The van der Waals surface area contributed by atoms with Gasteiger partial charge in [0.05, 0.1) is 83.8 Å². The maximum Gasteiger partial charge on any atom is 0.338 e. The molecule has 0 heterocycles. The predicted octanol–water partition coefficient (Wildman–Crippen LogP) is 33.4. The summed E-state index contributed by atoms with van der Waals surface area (Å²) in [5, 5.41) is 0. The molecule has 0 N–H and O–H groups in total. The largest absolute Gasteiger partial charge is 0.494 e. The number of unbranched alkanes of at least 4 members (excludes halogenated alkanes) is 24. The fraction of sp³-hybridized carbons (Fsp3) is 0.492. The average Bonchev–Trinajstić information content (AvgIpc) is 0.821. The van der Waals surface area contributed by atoms with E-state index in [0.717, 1.165) is 221 Å². The molecule has 0 aromatic heterocycles. The molecule has 834 valence electrons. The zero-order chi connectivity index (χ0) is 106. The van der Waals surface area contributed by atoms with E-state index < -0.39 is 17.9 Å². The van der Waals surface area contributed by atoms with E-state index in [4.69, 9.17) is 52.1 Å². The lowest BCUT2D eigenvalue weighted by molar-refractivity contribution is -0.138. The summed E-state index contributed by atoms with van der Waals surface area (Å²) in [6.07, 6.45) is 40.2. The summed E-state index contributed by atoms with van der Waals surface area (Å²) in [4.78, 5) is 124. The Morgan fingerprint density at radius 1 is 0.207 bits per heavy atom. The highest BCUT2D eigenvalue weighted by atomic mass is 16.6. The molecular formula is C128H190O22. The molecule has 22 nitrogen and oxygen atoms in total. The number of rotatable bonds is 65. The summed E-state index contributed by atoms with van der Waals surface area (Å²) < 4.78 is 58.8. The minimum Gasteiger partial charge on any atom is -0.494 e. The third-order valence-electron chi connectivity index (χ3n) is 22.5. The second-order valence-electron chi connectivity index (χ2n) is 35.0. The third-order valence-corrected chi connectivity index (χ3v) is 22.5. The Hall–Kier alpha value is -12.9. The topological polar surface area (TPSA) is 289 Å². The van der Waals surface area contributed by atoms with Gasteiger partial charge in [-0.15, -0.1) is 0 Å². The van der Waals surface area contributed by atoms with Crippen molar-refractivity contribution in [2.75, 3.05) is 72.7 Å². The molecule has 0 atom stereocenters. The monoisotopic (exact) mass is 2080 g/mol. The Bertz CT molecular complexity index is 4490. The van der Waals surface area contributed by atoms with Crippen LogP contribution in [-0.4, -0.2) is 137 Å². The van der Waals surface area contributed by atoms with Gasteiger partial charge in [-0.3, -0.25) is 28.8 Å². The number of ketones is 6. The van der Waals surface area contributed by atoms with E-state index in [-0.39, 0.29) is 91.2 Å². The Balaban J connectivity index is -0.000000548. The van der Waals surface area contributed by atoms with Gasteiger partial charge < -0.3 is 52.1 Å². The van der Waals surface area contributed by atoms with Crippen LogP contribution < -0.4 is 28.4 Å². The summed E-state index contributed by atoms with van der Waals surface area (Å²) in [5.41, 5.74) is 9.71. The first-order valence-corrected chi connectivity index (χ1v) is 51.9. The number of hydrogen-bond acceptors (Lipinski definition) is 22. The normalized spacial score (nSPS) is 9.79. The van der Waals surface area contributed by atoms with Gasteiger partial charge in [0.1, 0.15) is 34.5 Å². The summed E-state index contributed by atoms with van der Waals surface area (Å²) in [7, 11) is 0. The second-order valence-corrected chi connectivity index (χ2v) is 35.0. The third kappa shape index (κ3) is 72.5. The fourth-order valence-electron chi connectivity index (χ4n) is 13.5. The van der Waals surface area contributed by atoms with Crippen molar-refractivity contribution < 1.29 is 105 Å². The molecule has 0 spiro atoms. The molecule has 8 aromatic carbocycles. The molecule has 22 heteroatoms.